The van der Waals surface area contributed by atoms with Gasteiger partial charge >= 0.3 is 0 Å². The van der Waals surface area contributed by atoms with E-state index in [1.807, 2.05) is 12.3 Å². The van der Waals surface area contributed by atoms with Crippen LogP contribution in [0.1, 0.15) is 18.2 Å². The number of rotatable bonds is 9. The third-order valence-corrected chi connectivity index (χ3v) is 4.14. The fourth-order valence-electron chi connectivity index (χ4n) is 1.67. The van der Waals surface area contributed by atoms with Gasteiger partial charge in [0.25, 0.3) is 6.43 Å². The molecule has 1 aromatic heterocycles. The second-order valence-electron chi connectivity index (χ2n) is 3.94. The summed E-state index contributed by atoms with van der Waals surface area (Å²) in [6.07, 6.45) is -0.728. The molecule has 0 radical (unpaired) electrons. The molecule has 0 aliphatic rings. The third-order valence-electron chi connectivity index (χ3n) is 2.42. The van der Waals surface area contributed by atoms with Crippen LogP contribution in [0, 0.1) is 0 Å². The number of thiophene rings is 1. The van der Waals surface area contributed by atoms with Crippen LogP contribution < -0.4 is 5.32 Å². The largest absolute Gasteiger partial charge is 0.375 e. The molecule has 0 aliphatic heterocycles. The predicted molar refractivity (Wildman–Crippen MR) is 74.6 cm³/mol. The van der Waals surface area contributed by atoms with Gasteiger partial charge in [-0.1, -0.05) is 6.92 Å². The van der Waals surface area contributed by atoms with Crippen molar-refractivity contribution in [1.29, 1.82) is 0 Å². The first kappa shape index (κ1) is 16.0. The molecule has 0 saturated heterocycles. The first-order valence-electron chi connectivity index (χ1n) is 5.94. The van der Waals surface area contributed by atoms with Crippen LogP contribution in [-0.4, -0.2) is 32.2 Å². The first-order chi connectivity index (χ1) is 8.61. The minimum atomic E-state index is -2.38. The van der Waals surface area contributed by atoms with Crippen LogP contribution in [-0.2, 0) is 11.2 Å². The van der Waals surface area contributed by atoms with Crippen LogP contribution in [0.15, 0.2) is 15.9 Å². The van der Waals surface area contributed by atoms with Crippen molar-refractivity contribution in [2.75, 3.05) is 19.8 Å². The molecule has 0 saturated carbocycles. The molecule has 2 nitrogen and oxygen atoms in total. The van der Waals surface area contributed by atoms with Crippen LogP contribution in [0.4, 0.5) is 8.78 Å². The van der Waals surface area contributed by atoms with Crippen molar-refractivity contribution in [2.45, 2.75) is 32.2 Å². The predicted octanol–water partition coefficient (Wildman–Crippen LogP) is 3.70. The highest BCUT2D eigenvalue weighted by Crippen LogP contribution is 2.21. The van der Waals surface area contributed by atoms with Crippen LogP contribution in [0.2, 0.25) is 0 Å². The number of hydrogen-bond acceptors (Lipinski definition) is 3. The Morgan fingerprint density at radius 3 is 2.83 bits per heavy atom. The summed E-state index contributed by atoms with van der Waals surface area (Å²) < 4.78 is 29.8. The Kier molecular flexibility index (Phi) is 7.97. The van der Waals surface area contributed by atoms with Crippen LogP contribution >= 0.6 is 27.3 Å². The number of likely N-dealkylation sites (N-methyl/N-ethyl adjacent to an activating group) is 1. The number of nitrogens with one attached hydrogen (secondary N) is 1. The molecule has 6 heteroatoms. The van der Waals surface area contributed by atoms with Crippen LogP contribution in [0.25, 0.3) is 0 Å². The quantitative estimate of drug-likeness (QED) is 0.691. The van der Waals surface area contributed by atoms with Gasteiger partial charge in [0.15, 0.2) is 0 Å². The lowest BCUT2D eigenvalue weighted by Crippen LogP contribution is -2.32. The standard InChI is InChI=1S/C12H18BrF2NOS/c1-2-16-10(3-4-17-7-12(14)15)6-11-5-9(13)8-18-11/h5,8,10,12,16H,2-4,6-7H2,1H3. The molecule has 1 atom stereocenters. The van der Waals surface area contributed by atoms with Gasteiger partial charge in [-0.2, -0.15) is 0 Å². The summed E-state index contributed by atoms with van der Waals surface area (Å²) in [5.74, 6) is 0. The van der Waals surface area contributed by atoms with Crippen molar-refractivity contribution in [3.63, 3.8) is 0 Å². The Morgan fingerprint density at radius 2 is 2.28 bits per heavy atom. The van der Waals surface area contributed by atoms with Gasteiger partial charge in [-0.25, -0.2) is 8.78 Å². The molecule has 1 rings (SSSR count). The van der Waals surface area contributed by atoms with Crippen molar-refractivity contribution in [1.82, 2.24) is 5.32 Å². The van der Waals surface area contributed by atoms with Gasteiger partial charge in [-0.3, -0.25) is 0 Å². The van der Waals surface area contributed by atoms with E-state index in [0.29, 0.717) is 6.61 Å². The molecule has 18 heavy (non-hydrogen) atoms. The lowest BCUT2D eigenvalue weighted by molar-refractivity contribution is 0.0145. The molecule has 0 amide bonds. The molecule has 1 unspecified atom stereocenters. The average Bonchev–Trinajstić information content (AvgIpc) is 2.70. The zero-order valence-electron chi connectivity index (χ0n) is 10.3. The Bertz CT molecular complexity index is 336. The molecule has 0 aliphatic carbocycles. The van der Waals surface area contributed by atoms with Gasteiger partial charge in [-0.15, -0.1) is 11.3 Å². The van der Waals surface area contributed by atoms with Gasteiger partial charge in [0.05, 0.1) is 0 Å². The number of alkyl halides is 2. The van der Waals surface area contributed by atoms with Crippen molar-refractivity contribution >= 4 is 27.3 Å². The zero-order chi connectivity index (χ0) is 13.4. The molecule has 0 aromatic carbocycles. The maximum atomic E-state index is 11.9. The molecule has 0 bridgehead atoms. The average molecular weight is 342 g/mol. The van der Waals surface area contributed by atoms with Crippen LogP contribution in [0.5, 0.6) is 0 Å². The van der Waals surface area contributed by atoms with E-state index in [0.717, 1.165) is 23.9 Å². The summed E-state index contributed by atoms with van der Waals surface area (Å²) in [6.45, 7) is 2.81. The Labute approximate surface area is 119 Å². The normalized spacial score (nSPS) is 13.2. The van der Waals surface area contributed by atoms with E-state index in [2.05, 4.69) is 27.3 Å². The molecule has 104 valence electrons. The van der Waals surface area contributed by atoms with E-state index >= 15 is 0 Å². The van der Waals surface area contributed by atoms with Crippen LogP contribution in [0.3, 0.4) is 0 Å². The molecular formula is C12H18BrF2NOS. The second kappa shape index (κ2) is 8.96. The maximum Gasteiger partial charge on any atom is 0.261 e. The van der Waals surface area contributed by atoms with E-state index in [9.17, 15) is 8.78 Å². The molecule has 0 spiro atoms. The lowest BCUT2D eigenvalue weighted by atomic mass is 10.1. The van der Waals surface area contributed by atoms with Gasteiger partial charge in [0.2, 0.25) is 0 Å². The molecular weight excluding hydrogens is 324 g/mol. The summed E-state index contributed by atoms with van der Waals surface area (Å²) in [5, 5.41) is 5.40. The van der Waals surface area contributed by atoms with E-state index in [4.69, 9.17) is 4.74 Å². The molecule has 1 heterocycles. The van der Waals surface area contributed by atoms with Crippen molar-refractivity contribution in [3.8, 4) is 0 Å². The summed E-state index contributed by atoms with van der Waals surface area (Å²) in [6, 6.07) is 2.37. The van der Waals surface area contributed by atoms with Gasteiger partial charge in [0, 0.05) is 27.4 Å². The Morgan fingerprint density at radius 1 is 1.50 bits per heavy atom. The lowest BCUT2D eigenvalue weighted by Gasteiger charge is -2.17. The Hall–Kier alpha value is -0.0400. The van der Waals surface area contributed by atoms with E-state index in [-0.39, 0.29) is 6.04 Å². The molecule has 1 N–H and O–H groups in total. The minimum absolute atomic E-state index is 0.276. The van der Waals surface area contributed by atoms with Crippen molar-refractivity contribution in [3.05, 3.63) is 20.8 Å². The zero-order valence-corrected chi connectivity index (χ0v) is 12.7. The van der Waals surface area contributed by atoms with Gasteiger partial charge < -0.3 is 10.1 Å². The molecule has 1 aromatic rings. The maximum absolute atomic E-state index is 11.9. The number of hydrogen-bond donors (Lipinski definition) is 1. The number of ether oxygens (including phenoxy) is 1. The highest BCUT2D eigenvalue weighted by molar-refractivity contribution is 9.10. The first-order valence-corrected chi connectivity index (χ1v) is 7.61. The Balaban J connectivity index is 2.30. The second-order valence-corrected chi connectivity index (χ2v) is 5.86. The fourth-order valence-corrected chi connectivity index (χ4v) is 3.20. The van der Waals surface area contributed by atoms with E-state index in [1.165, 1.54) is 4.88 Å². The van der Waals surface area contributed by atoms with Gasteiger partial charge in [0.1, 0.15) is 6.61 Å². The van der Waals surface area contributed by atoms with E-state index < -0.39 is 13.0 Å². The van der Waals surface area contributed by atoms with Gasteiger partial charge in [-0.05, 0) is 41.4 Å². The van der Waals surface area contributed by atoms with Crippen molar-refractivity contribution < 1.29 is 13.5 Å². The molecule has 0 fully saturated rings. The highest BCUT2D eigenvalue weighted by atomic mass is 79.9. The summed E-state index contributed by atoms with van der Waals surface area (Å²) >= 11 is 5.12. The SMILES string of the molecule is CCNC(CCOCC(F)F)Cc1cc(Br)cs1. The fraction of sp³-hybridized carbons (Fsp3) is 0.667. The summed E-state index contributed by atoms with van der Waals surface area (Å²) in [4.78, 5) is 1.28. The smallest absolute Gasteiger partial charge is 0.261 e. The monoisotopic (exact) mass is 341 g/mol. The number of halogens is 3. The van der Waals surface area contributed by atoms with Crippen molar-refractivity contribution in [2.24, 2.45) is 0 Å². The summed E-state index contributed by atoms with van der Waals surface area (Å²) in [7, 11) is 0. The third kappa shape index (κ3) is 6.78. The minimum Gasteiger partial charge on any atom is -0.375 e. The highest BCUT2D eigenvalue weighted by Gasteiger charge is 2.10. The topological polar surface area (TPSA) is 21.3 Å². The summed E-state index contributed by atoms with van der Waals surface area (Å²) in [5.41, 5.74) is 0. The van der Waals surface area contributed by atoms with E-state index in [1.54, 1.807) is 11.3 Å².